The highest BCUT2D eigenvalue weighted by Gasteiger charge is 2.22. The first-order valence-electron chi connectivity index (χ1n) is 3.52. The summed E-state index contributed by atoms with van der Waals surface area (Å²) in [5.74, 6) is 0. The molecule has 0 spiro atoms. The second-order valence-electron chi connectivity index (χ2n) is 3.40. The molecule has 3 nitrogen and oxygen atoms in total. The number of rotatable bonds is 2. The van der Waals surface area contributed by atoms with Gasteiger partial charge in [-0.05, 0) is 0 Å². The molecule has 2 N–H and O–H groups in total. The minimum absolute atomic E-state index is 0.471. The molecule has 0 aromatic carbocycles. The van der Waals surface area contributed by atoms with Gasteiger partial charge in [0.1, 0.15) is 8.24 Å². The Labute approximate surface area is 64.6 Å². The lowest BCUT2D eigenvalue weighted by molar-refractivity contribution is 0.396. The molecule has 1 fully saturated rings. The number of hydrogen-bond donors (Lipinski definition) is 2. The molecule has 1 heterocycles. The van der Waals surface area contributed by atoms with E-state index in [1.807, 2.05) is 0 Å². The summed E-state index contributed by atoms with van der Waals surface area (Å²) in [5, 5.41) is 3.28. The van der Waals surface area contributed by atoms with Crippen LogP contribution in [0.2, 0.25) is 19.6 Å². The predicted octanol–water partition coefficient (Wildman–Crippen LogP) is 1.26. The maximum atomic E-state index is 5.41. The molecule has 5 heteroatoms. The van der Waals surface area contributed by atoms with Crippen molar-refractivity contribution in [3.05, 3.63) is 0 Å². The minimum atomic E-state index is -1.13. The highest BCUT2D eigenvalue weighted by Crippen LogP contribution is 2.32. The molecule has 1 aliphatic rings. The molecule has 0 aromatic rings. The van der Waals surface area contributed by atoms with Crippen LogP contribution in [0.1, 0.15) is 0 Å². The number of hydrogen-bond acceptors (Lipinski definition) is 3. The van der Waals surface area contributed by atoms with Crippen molar-refractivity contribution in [2.75, 3.05) is 13.2 Å². The van der Waals surface area contributed by atoms with Crippen LogP contribution in [-0.2, 0) is 4.52 Å². The van der Waals surface area contributed by atoms with Crippen LogP contribution in [0.4, 0.5) is 0 Å². The summed E-state index contributed by atoms with van der Waals surface area (Å²) in [7, 11) is -1.60. The Morgan fingerprint density at radius 2 is 2.20 bits per heavy atom. The van der Waals surface area contributed by atoms with Gasteiger partial charge in [-0.2, -0.15) is 0 Å². The van der Waals surface area contributed by atoms with E-state index in [1.54, 1.807) is 0 Å². The Hall–Kier alpha value is 0.527. The summed E-state index contributed by atoms with van der Waals surface area (Å²) in [4.78, 5) is 0. The van der Waals surface area contributed by atoms with Gasteiger partial charge in [0, 0.05) is 6.54 Å². The van der Waals surface area contributed by atoms with Crippen LogP contribution < -0.4 is 9.84 Å². The number of nitrogens with one attached hydrogen (secondary N) is 2. The van der Waals surface area contributed by atoms with Crippen molar-refractivity contribution in [2.45, 2.75) is 19.6 Å². The van der Waals surface area contributed by atoms with Crippen LogP contribution in [-0.4, -0.2) is 21.4 Å². The fourth-order valence-corrected chi connectivity index (χ4v) is 4.38. The maximum absolute atomic E-state index is 5.41. The molecule has 1 saturated heterocycles. The fourth-order valence-electron chi connectivity index (χ4n) is 0.706. The van der Waals surface area contributed by atoms with Crippen molar-refractivity contribution < 1.29 is 4.52 Å². The van der Waals surface area contributed by atoms with Gasteiger partial charge >= 0.3 is 0 Å². The molecule has 1 unspecified atom stereocenters. The van der Waals surface area contributed by atoms with E-state index < -0.39 is 16.7 Å². The molecule has 0 amide bonds. The van der Waals surface area contributed by atoms with Crippen LogP contribution in [0.25, 0.3) is 0 Å². The molecule has 60 valence electrons. The van der Waals surface area contributed by atoms with Crippen LogP contribution >= 0.6 is 8.45 Å². The highest BCUT2D eigenvalue weighted by atomic mass is 31.2. The van der Waals surface area contributed by atoms with Gasteiger partial charge in [-0.25, -0.2) is 0 Å². The molecule has 1 rings (SSSR count). The van der Waals surface area contributed by atoms with E-state index in [9.17, 15) is 0 Å². The molecular formula is C5H15N2OPSi. The Balaban J connectivity index is 2.24. The van der Waals surface area contributed by atoms with Crippen LogP contribution in [0.15, 0.2) is 0 Å². The molecule has 0 saturated carbocycles. The molecule has 1 atom stereocenters. The van der Waals surface area contributed by atoms with Crippen LogP contribution in [0.3, 0.4) is 0 Å². The van der Waals surface area contributed by atoms with Gasteiger partial charge in [0.2, 0.25) is 0 Å². The van der Waals surface area contributed by atoms with Crippen molar-refractivity contribution in [3.63, 3.8) is 0 Å². The van der Waals surface area contributed by atoms with E-state index in [1.165, 1.54) is 0 Å². The Bertz CT molecular complexity index is 111. The molecule has 0 radical (unpaired) electrons. The van der Waals surface area contributed by atoms with Gasteiger partial charge in [0.05, 0.1) is 6.61 Å². The van der Waals surface area contributed by atoms with E-state index in [0.29, 0.717) is 0 Å². The molecule has 0 bridgehead atoms. The summed E-state index contributed by atoms with van der Waals surface area (Å²) in [6.07, 6.45) is 0. The zero-order valence-electron chi connectivity index (χ0n) is 6.77. The highest BCUT2D eigenvalue weighted by molar-refractivity contribution is 7.51. The third kappa shape index (κ3) is 3.08. The first-order chi connectivity index (χ1) is 4.58. The minimum Gasteiger partial charge on any atom is -0.331 e. The quantitative estimate of drug-likeness (QED) is 0.493. The summed E-state index contributed by atoms with van der Waals surface area (Å²) >= 11 is 0. The zero-order chi connectivity index (χ0) is 7.61. The summed E-state index contributed by atoms with van der Waals surface area (Å²) in [6.45, 7) is 8.70. The zero-order valence-corrected chi connectivity index (χ0v) is 8.66. The SMILES string of the molecule is C[Si](C)(C)NP1NCCO1. The molecule has 0 aromatic heterocycles. The second-order valence-corrected chi connectivity index (χ2v) is 9.96. The molecule has 0 aliphatic carbocycles. The summed E-state index contributed by atoms with van der Waals surface area (Å²) in [5.41, 5.74) is 0. The van der Waals surface area contributed by atoms with Crippen molar-refractivity contribution in [3.8, 4) is 0 Å². The van der Waals surface area contributed by atoms with Gasteiger partial charge in [-0.15, -0.1) is 0 Å². The molecule has 1 aliphatic heterocycles. The van der Waals surface area contributed by atoms with E-state index in [-0.39, 0.29) is 0 Å². The maximum Gasteiger partial charge on any atom is 0.175 e. The standard InChI is InChI=1S/C5H15N2OPSi/c1-10(2,3)7-9-6-4-5-8-9/h6-7H,4-5H2,1-3H3. The first-order valence-corrected chi connectivity index (χ1v) is 8.28. The van der Waals surface area contributed by atoms with E-state index in [2.05, 4.69) is 29.5 Å². The van der Waals surface area contributed by atoms with Crippen molar-refractivity contribution in [1.82, 2.24) is 9.84 Å². The Morgan fingerprint density at radius 3 is 2.60 bits per heavy atom. The third-order valence-corrected chi connectivity index (χ3v) is 5.46. The second kappa shape index (κ2) is 3.28. The monoisotopic (exact) mass is 178 g/mol. The first kappa shape index (κ1) is 8.62. The third-order valence-electron chi connectivity index (χ3n) is 1.01. The molecular weight excluding hydrogens is 163 g/mol. The van der Waals surface area contributed by atoms with E-state index >= 15 is 0 Å². The lowest BCUT2D eigenvalue weighted by Crippen LogP contribution is -2.38. The van der Waals surface area contributed by atoms with Gasteiger partial charge in [-0.3, -0.25) is 9.84 Å². The van der Waals surface area contributed by atoms with E-state index in [0.717, 1.165) is 13.2 Å². The summed E-state index contributed by atoms with van der Waals surface area (Å²) < 4.78 is 8.89. The van der Waals surface area contributed by atoms with Crippen molar-refractivity contribution >= 4 is 16.7 Å². The fraction of sp³-hybridized carbons (Fsp3) is 1.00. The lowest BCUT2D eigenvalue weighted by atomic mass is 10.8. The summed E-state index contributed by atoms with van der Waals surface area (Å²) in [6, 6.07) is 0. The van der Waals surface area contributed by atoms with Gasteiger partial charge in [0.15, 0.2) is 8.45 Å². The van der Waals surface area contributed by atoms with Gasteiger partial charge < -0.3 is 4.52 Å². The average Bonchev–Trinajstić information content (AvgIpc) is 2.12. The van der Waals surface area contributed by atoms with Gasteiger partial charge in [-0.1, -0.05) is 19.6 Å². The van der Waals surface area contributed by atoms with Crippen LogP contribution in [0.5, 0.6) is 0 Å². The van der Waals surface area contributed by atoms with Crippen LogP contribution in [0, 0.1) is 0 Å². The Morgan fingerprint density at radius 1 is 1.50 bits per heavy atom. The topological polar surface area (TPSA) is 33.3 Å². The smallest absolute Gasteiger partial charge is 0.175 e. The Kier molecular flexibility index (Phi) is 2.83. The predicted molar refractivity (Wildman–Crippen MR) is 47.4 cm³/mol. The molecule has 10 heavy (non-hydrogen) atoms. The van der Waals surface area contributed by atoms with E-state index in [4.69, 9.17) is 4.52 Å². The van der Waals surface area contributed by atoms with Crippen molar-refractivity contribution in [1.29, 1.82) is 0 Å². The lowest BCUT2D eigenvalue weighted by Gasteiger charge is -2.21. The largest absolute Gasteiger partial charge is 0.331 e. The normalized spacial score (nSPS) is 27.3. The van der Waals surface area contributed by atoms with Crippen molar-refractivity contribution in [2.24, 2.45) is 0 Å². The van der Waals surface area contributed by atoms with Gasteiger partial charge in [0.25, 0.3) is 0 Å². The average molecular weight is 178 g/mol.